The molecule has 5 heteroatoms. The topological polar surface area (TPSA) is 49.3 Å². The fourth-order valence-corrected chi connectivity index (χ4v) is 1.22. The van der Waals surface area contributed by atoms with Crippen molar-refractivity contribution in [3.05, 3.63) is 22.7 Å². The number of amides is 1. The summed E-state index contributed by atoms with van der Waals surface area (Å²) in [5.74, 6) is -0.469. The van der Waals surface area contributed by atoms with Crippen molar-refractivity contribution in [2.24, 2.45) is 0 Å². The van der Waals surface area contributed by atoms with Crippen LogP contribution in [0.25, 0.3) is 0 Å². The van der Waals surface area contributed by atoms with Gasteiger partial charge in [-0.3, -0.25) is 4.79 Å². The molecule has 1 aromatic rings. The molecular weight excluding hydrogens is 257 g/mol. The normalized spacial score (nSPS) is 9.69. The summed E-state index contributed by atoms with van der Waals surface area (Å²) in [6, 6.07) is 4.75. The molecule has 0 radical (unpaired) electrons. The molecule has 0 unspecified atom stereocenters. The average molecular weight is 265 g/mol. The number of phenolic OH excluding ortho intramolecular Hbond substituents is 1. The van der Waals surface area contributed by atoms with E-state index in [0.29, 0.717) is 5.69 Å². The Balaban J connectivity index is 2.87. The highest BCUT2D eigenvalue weighted by molar-refractivity contribution is 9.10. The molecule has 0 aliphatic heterocycles. The molecule has 0 fully saturated rings. The van der Waals surface area contributed by atoms with Crippen LogP contribution in [0.3, 0.4) is 0 Å². The average Bonchev–Trinajstić information content (AvgIpc) is 2.11. The lowest BCUT2D eigenvalue weighted by atomic mass is 10.3. The lowest BCUT2D eigenvalue weighted by molar-refractivity contribution is -0.113. The predicted octanol–water partition coefficient (Wildman–Crippen LogP) is 2.33. The minimum atomic E-state index is -0.352. The lowest BCUT2D eigenvalue weighted by Crippen LogP contribution is -2.12. The van der Waals surface area contributed by atoms with Gasteiger partial charge in [-0.15, -0.1) is 11.6 Å². The van der Waals surface area contributed by atoms with E-state index in [-0.39, 0.29) is 17.5 Å². The first-order valence-electron chi connectivity index (χ1n) is 3.48. The quantitative estimate of drug-likeness (QED) is 0.636. The number of alkyl halides is 1. The number of hydrogen-bond donors (Lipinski definition) is 2. The Morgan fingerprint density at radius 1 is 1.62 bits per heavy atom. The van der Waals surface area contributed by atoms with Gasteiger partial charge in [-0.2, -0.15) is 0 Å². The lowest BCUT2D eigenvalue weighted by Gasteiger charge is -2.05. The molecule has 70 valence electrons. The van der Waals surface area contributed by atoms with Crippen molar-refractivity contribution in [3.63, 3.8) is 0 Å². The van der Waals surface area contributed by atoms with E-state index in [2.05, 4.69) is 21.2 Å². The number of rotatable bonds is 2. The van der Waals surface area contributed by atoms with Gasteiger partial charge in [0.05, 0.1) is 5.69 Å². The Bertz CT molecular complexity index is 330. The second kappa shape index (κ2) is 4.48. The Morgan fingerprint density at radius 2 is 2.31 bits per heavy atom. The Hall–Kier alpha value is -0.740. The van der Waals surface area contributed by atoms with Crippen LogP contribution in [0.15, 0.2) is 22.7 Å². The Morgan fingerprint density at radius 3 is 2.92 bits per heavy atom. The highest BCUT2D eigenvalue weighted by atomic mass is 79.9. The molecule has 1 rings (SSSR count). The fourth-order valence-electron chi connectivity index (χ4n) is 0.792. The van der Waals surface area contributed by atoms with E-state index in [4.69, 9.17) is 11.6 Å². The second-order valence-electron chi connectivity index (χ2n) is 2.34. The third-order valence-electron chi connectivity index (χ3n) is 1.35. The number of carbonyl (C=O) groups is 1. The summed E-state index contributed by atoms with van der Waals surface area (Å²) in [6.07, 6.45) is 0. The summed E-state index contributed by atoms with van der Waals surface area (Å²) < 4.78 is 0.773. The first-order chi connectivity index (χ1) is 6.13. The number of hydrogen-bond acceptors (Lipinski definition) is 2. The SMILES string of the molecule is O=C(CCl)Nc1cc(Br)ccc1O. The third kappa shape index (κ3) is 2.90. The maximum atomic E-state index is 10.9. The van der Waals surface area contributed by atoms with Gasteiger partial charge in [-0.25, -0.2) is 0 Å². The first-order valence-corrected chi connectivity index (χ1v) is 4.80. The van der Waals surface area contributed by atoms with Gasteiger partial charge in [0.2, 0.25) is 5.91 Å². The molecule has 13 heavy (non-hydrogen) atoms. The summed E-state index contributed by atoms with van der Waals surface area (Å²) in [4.78, 5) is 10.9. The van der Waals surface area contributed by atoms with Crippen LogP contribution < -0.4 is 5.32 Å². The monoisotopic (exact) mass is 263 g/mol. The number of nitrogens with one attached hydrogen (secondary N) is 1. The molecule has 1 aromatic carbocycles. The zero-order chi connectivity index (χ0) is 9.84. The molecule has 0 heterocycles. The highest BCUT2D eigenvalue weighted by Crippen LogP contribution is 2.26. The fraction of sp³-hybridized carbons (Fsp3) is 0.125. The number of aromatic hydroxyl groups is 1. The van der Waals surface area contributed by atoms with E-state index in [1.54, 1.807) is 12.1 Å². The summed E-state index contributed by atoms with van der Waals surface area (Å²) in [6.45, 7) is 0. The zero-order valence-corrected chi connectivity index (χ0v) is 8.89. The van der Waals surface area contributed by atoms with Gasteiger partial charge in [0, 0.05) is 4.47 Å². The van der Waals surface area contributed by atoms with Crippen molar-refractivity contribution in [2.75, 3.05) is 11.2 Å². The molecule has 2 N–H and O–H groups in total. The molecule has 0 spiro atoms. The molecule has 0 aliphatic rings. The standard InChI is InChI=1S/C8H7BrClNO2/c9-5-1-2-7(12)6(3-5)11-8(13)4-10/h1-3,12H,4H2,(H,11,13). The number of anilines is 1. The van der Waals surface area contributed by atoms with Gasteiger partial charge in [0.1, 0.15) is 11.6 Å². The van der Waals surface area contributed by atoms with E-state index in [0.717, 1.165) is 4.47 Å². The van der Waals surface area contributed by atoms with Crippen molar-refractivity contribution in [2.45, 2.75) is 0 Å². The van der Waals surface area contributed by atoms with Gasteiger partial charge >= 0.3 is 0 Å². The van der Waals surface area contributed by atoms with Crippen molar-refractivity contribution < 1.29 is 9.90 Å². The predicted molar refractivity (Wildman–Crippen MR) is 55.2 cm³/mol. The molecule has 0 aromatic heterocycles. The van der Waals surface area contributed by atoms with Crippen LogP contribution in [-0.2, 0) is 4.79 Å². The van der Waals surface area contributed by atoms with Crippen molar-refractivity contribution in [1.82, 2.24) is 0 Å². The van der Waals surface area contributed by atoms with Gasteiger partial charge in [0.15, 0.2) is 0 Å². The third-order valence-corrected chi connectivity index (χ3v) is 2.09. The Labute approximate surface area is 88.8 Å². The van der Waals surface area contributed by atoms with Gasteiger partial charge in [0.25, 0.3) is 0 Å². The van der Waals surface area contributed by atoms with Crippen LogP contribution in [0.1, 0.15) is 0 Å². The summed E-state index contributed by atoms with van der Waals surface area (Å²) in [5, 5.41) is 11.8. The molecule has 0 saturated carbocycles. The van der Waals surface area contributed by atoms with Crippen molar-refractivity contribution >= 4 is 39.1 Å². The van der Waals surface area contributed by atoms with Gasteiger partial charge < -0.3 is 10.4 Å². The van der Waals surface area contributed by atoms with Crippen molar-refractivity contribution in [1.29, 1.82) is 0 Å². The van der Waals surface area contributed by atoms with Crippen LogP contribution >= 0.6 is 27.5 Å². The van der Waals surface area contributed by atoms with Crippen LogP contribution in [0.2, 0.25) is 0 Å². The number of phenols is 1. The van der Waals surface area contributed by atoms with Gasteiger partial charge in [-0.05, 0) is 18.2 Å². The Kier molecular flexibility index (Phi) is 3.57. The molecule has 3 nitrogen and oxygen atoms in total. The van der Waals surface area contributed by atoms with Crippen molar-refractivity contribution in [3.8, 4) is 5.75 Å². The first kappa shape index (κ1) is 10.3. The number of benzene rings is 1. The molecule has 0 saturated heterocycles. The number of halogens is 2. The number of carbonyl (C=O) groups excluding carboxylic acids is 1. The summed E-state index contributed by atoms with van der Waals surface area (Å²) >= 11 is 8.50. The maximum absolute atomic E-state index is 10.9. The zero-order valence-electron chi connectivity index (χ0n) is 6.55. The smallest absolute Gasteiger partial charge is 0.239 e. The molecule has 0 bridgehead atoms. The summed E-state index contributed by atoms with van der Waals surface area (Å²) in [7, 11) is 0. The van der Waals surface area contributed by atoms with Crippen LogP contribution in [0.5, 0.6) is 5.75 Å². The minimum absolute atomic E-state index is 0.0154. The molecule has 1 amide bonds. The molecule has 0 atom stereocenters. The largest absolute Gasteiger partial charge is 0.506 e. The van der Waals surface area contributed by atoms with Gasteiger partial charge in [-0.1, -0.05) is 15.9 Å². The highest BCUT2D eigenvalue weighted by Gasteiger charge is 2.04. The van der Waals surface area contributed by atoms with Crippen LogP contribution in [0, 0.1) is 0 Å². The van der Waals surface area contributed by atoms with E-state index < -0.39 is 0 Å². The molecule has 0 aliphatic carbocycles. The van der Waals surface area contributed by atoms with Crippen LogP contribution in [-0.4, -0.2) is 16.9 Å². The van der Waals surface area contributed by atoms with E-state index in [9.17, 15) is 9.90 Å². The second-order valence-corrected chi connectivity index (χ2v) is 3.53. The minimum Gasteiger partial charge on any atom is -0.506 e. The van der Waals surface area contributed by atoms with Crippen LogP contribution in [0.4, 0.5) is 5.69 Å². The van der Waals surface area contributed by atoms with E-state index >= 15 is 0 Å². The summed E-state index contributed by atoms with van der Waals surface area (Å²) in [5.41, 5.74) is 0.347. The van der Waals surface area contributed by atoms with E-state index in [1.165, 1.54) is 6.07 Å². The molecular formula is C8H7BrClNO2. The maximum Gasteiger partial charge on any atom is 0.239 e. The van der Waals surface area contributed by atoms with E-state index in [1.807, 2.05) is 0 Å².